The summed E-state index contributed by atoms with van der Waals surface area (Å²) in [5.74, 6) is 0.338. The number of aryl methyl sites for hydroxylation is 3. The van der Waals surface area contributed by atoms with Crippen LogP contribution >= 0.6 is 0 Å². The van der Waals surface area contributed by atoms with Gasteiger partial charge in [0.25, 0.3) is 0 Å². The van der Waals surface area contributed by atoms with Gasteiger partial charge in [-0.15, -0.1) is 0 Å². The summed E-state index contributed by atoms with van der Waals surface area (Å²) in [5.41, 5.74) is 4.11. The van der Waals surface area contributed by atoms with Gasteiger partial charge in [0.05, 0.1) is 0 Å². The van der Waals surface area contributed by atoms with E-state index in [1.807, 2.05) is 12.1 Å². The lowest BCUT2D eigenvalue weighted by molar-refractivity contribution is 0.475. The Morgan fingerprint density at radius 3 is 1.60 bits per heavy atom. The minimum Gasteiger partial charge on any atom is -0.508 e. The molecule has 0 aromatic heterocycles. The lowest BCUT2D eigenvalue weighted by Gasteiger charge is -2.05. The van der Waals surface area contributed by atoms with Gasteiger partial charge in [0.1, 0.15) is 5.75 Å². The number of rotatable bonds is 7. The zero-order valence-corrected chi connectivity index (χ0v) is 12.3. The highest BCUT2D eigenvalue weighted by atomic mass is 16.3. The lowest BCUT2D eigenvalue weighted by atomic mass is 10.0. The van der Waals surface area contributed by atoms with Crippen LogP contribution in [0, 0.1) is 0 Å². The monoisotopic (exact) mass is 268 g/mol. The maximum absolute atomic E-state index is 9.26. The number of unbranched alkanes of at least 4 members (excludes halogenated alkanes) is 2. The van der Waals surface area contributed by atoms with Crippen LogP contribution in [0.15, 0.2) is 48.5 Å². The van der Waals surface area contributed by atoms with Crippen molar-refractivity contribution in [3.8, 4) is 5.75 Å². The molecule has 0 aliphatic heterocycles. The van der Waals surface area contributed by atoms with E-state index in [4.69, 9.17) is 0 Å². The molecule has 2 aromatic carbocycles. The first-order valence-electron chi connectivity index (χ1n) is 7.63. The number of phenolic OH excluding ortho intramolecular Hbond substituents is 1. The van der Waals surface area contributed by atoms with E-state index in [-0.39, 0.29) is 0 Å². The molecule has 1 N–H and O–H groups in total. The molecule has 0 heterocycles. The van der Waals surface area contributed by atoms with Crippen LogP contribution in [0.2, 0.25) is 0 Å². The Morgan fingerprint density at radius 2 is 1.10 bits per heavy atom. The van der Waals surface area contributed by atoms with E-state index in [1.165, 1.54) is 42.4 Å². The van der Waals surface area contributed by atoms with Gasteiger partial charge in [-0.25, -0.2) is 0 Å². The van der Waals surface area contributed by atoms with Crippen molar-refractivity contribution in [1.82, 2.24) is 0 Å². The third kappa shape index (κ3) is 4.73. The molecule has 0 atom stereocenters. The Labute approximate surface area is 122 Å². The van der Waals surface area contributed by atoms with Gasteiger partial charge in [-0.3, -0.25) is 0 Å². The number of phenols is 1. The Bertz CT molecular complexity index is 496. The minimum atomic E-state index is 0.338. The van der Waals surface area contributed by atoms with Crippen molar-refractivity contribution in [1.29, 1.82) is 0 Å². The molecule has 0 amide bonds. The average Bonchev–Trinajstić information content (AvgIpc) is 2.48. The van der Waals surface area contributed by atoms with E-state index in [0.29, 0.717) is 5.75 Å². The number of aromatic hydroxyl groups is 1. The van der Waals surface area contributed by atoms with Gasteiger partial charge in [0.2, 0.25) is 0 Å². The summed E-state index contributed by atoms with van der Waals surface area (Å²) in [6.07, 6.45) is 7.18. The largest absolute Gasteiger partial charge is 0.508 e. The number of benzene rings is 2. The Hall–Kier alpha value is -1.76. The van der Waals surface area contributed by atoms with Crippen LogP contribution in [0.1, 0.15) is 42.9 Å². The minimum absolute atomic E-state index is 0.338. The average molecular weight is 268 g/mol. The Balaban J connectivity index is 1.82. The molecule has 20 heavy (non-hydrogen) atoms. The summed E-state index contributed by atoms with van der Waals surface area (Å²) in [6.45, 7) is 2.24. The SMILES string of the molecule is CCCCCc1ccc(CCc2ccc(O)cc2)cc1. The first kappa shape index (κ1) is 14.6. The molecule has 2 rings (SSSR count). The highest BCUT2D eigenvalue weighted by Gasteiger charge is 1.98. The van der Waals surface area contributed by atoms with Gasteiger partial charge in [0, 0.05) is 0 Å². The van der Waals surface area contributed by atoms with E-state index in [0.717, 1.165) is 12.8 Å². The van der Waals surface area contributed by atoms with Crippen molar-refractivity contribution in [3.63, 3.8) is 0 Å². The van der Waals surface area contributed by atoms with Crippen molar-refractivity contribution in [2.75, 3.05) is 0 Å². The van der Waals surface area contributed by atoms with Crippen molar-refractivity contribution >= 4 is 0 Å². The molecule has 106 valence electrons. The highest BCUT2D eigenvalue weighted by molar-refractivity contribution is 5.28. The molecule has 0 aliphatic rings. The third-order valence-corrected chi connectivity index (χ3v) is 3.73. The molecule has 0 saturated carbocycles. The van der Waals surface area contributed by atoms with Crippen molar-refractivity contribution in [3.05, 3.63) is 65.2 Å². The number of hydrogen-bond donors (Lipinski definition) is 1. The molecule has 0 radical (unpaired) electrons. The fraction of sp³-hybridized carbons (Fsp3) is 0.368. The van der Waals surface area contributed by atoms with E-state index in [9.17, 15) is 5.11 Å². The molecule has 2 aromatic rings. The second kappa shape index (κ2) is 7.74. The third-order valence-electron chi connectivity index (χ3n) is 3.73. The zero-order valence-electron chi connectivity index (χ0n) is 12.3. The van der Waals surface area contributed by atoms with Gasteiger partial charge in [-0.2, -0.15) is 0 Å². The normalized spacial score (nSPS) is 10.7. The fourth-order valence-corrected chi connectivity index (χ4v) is 2.40. The lowest BCUT2D eigenvalue weighted by Crippen LogP contribution is -1.92. The summed E-state index contributed by atoms with van der Waals surface area (Å²) < 4.78 is 0. The van der Waals surface area contributed by atoms with Crippen LogP contribution in [0.4, 0.5) is 0 Å². The van der Waals surface area contributed by atoms with Crippen LogP contribution in [-0.2, 0) is 19.3 Å². The van der Waals surface area contributed by atoms with E-state index < -0.39 is 0 Å². The van der Waals surface area contributed by atoms with Crippen LogP contribution in [0.25, 0.3) is 0 Å². The molecular formula is C19H24O. The predicted octanol–water partition coefficient (Wildman–Crippen LogP) is 4.91. The highest BCUT2D eigenvalue weighted by Crippen LogP contribution is 2.14. The second-order valence-electron chi connectivity index (χ2n) is 5.44. The van der Waals surface area contributed by atoms with Crippen molar-refractivity contribution in [2.24, 2.45) is 0 Å². The van der Waals surface area contributed by atoms with Gasteiger partial charge in [0.15, 0.2) is 0 Å². The summed E-state index contributed by atoms with van der Waals surface area (Å²) in [6, 6.07) is 16.5. The summed E-state index contributed by atoms with van der Waals surface area (Å²) in [7, 11) is 0. The molecule has 1 heteroatoms. The van der Waals surface area contributed by atoms with Gasteiger partial charge >= 0.3 is 0 Å². The fourth-order valence-electron chi connectivity index (χ4n) is 2.40. The van der Waals surface area contributed by atoms with E-state index in [2.05, 4.69) is 31.2 Å². The maximum Gasteiger partial charge on any atom is 0.115 e. The van der Waals surface area contributed by atoms with Gasteiger partial charge in [-0.1, -0.05) is 56.2 Å². The Morgan fingerprint density at radius 1 is 0.650 bits per heavy atom. The van der Waals surface area contributed by atoms with Gasteiger partial charge in [-0.05, 0) is 54.5 Å². The van der Waals surface area contributed by atoms with Crippen molar-refractivity contribution < 1.29 is 5.11 Å². The standard InChI is InChI=1S/C19H24O/c1-2-3-4-5-16-6-8-17(9-7-16)10-11-18-12-14-19(20)15-13-18/h6-9,12-15,20H,2-5,10-11H2,1H3. The maximum atomic E-state index is 9.26. The van der Waals surface area contributed by atoms with Crippen LogP contribution in [0.5, 0.6) is 5.75 Å². The first-order valence-corrected chi connectivity index (χ1v) is 7.63. The van der Waals surface area contributed by atoms with Crippen LogP contribution in [0.3, 0.4) is 0 Å². The van der Waals surface area contributed by atoms with Crippen LogP contribution < -0.4 is 0 Å². The first-order chi connectivity index (χ1) is 9.78. The Kier molecular flexibility index (Phi) is 5.67. The molecule has 0 bridgehead atoms. The molecule has 0 fully saturated rings. The molecular weight excluding hydrogens is 244 g/mol. The number of hydrogen-bond acceptors (Lipinski definition) is 1. The van der Waals surface area contributed by atoms with E-state index >= 15 is 0 Å². The molecule has 1 nitrogen and oxygen atoms in total. The second-order valence-corrected chi connectivity index (χ2v) is 5.44. The summed E-state index contributed by atoms with van der Waals surface area (Å²) >= 11 is 0. The molecule has 0 aliphatic carbocycles. The van der Waals surface area contributed by atoms with Crippen molar-refractivity contribution in [2.45, 2.75) is 45.4 Å². The quantitative estimate of drug-likeness (QED) is 0.707. The molecule has 0 saturated heterocycles. The zero-order chi connectivity index (χ0) is 14.2. The molecule has 0 spiro atoms. The summed E-state index contributed by atoms with van der Waals surface area (Å²) in [4.78, 5) is 0. The smallest absolute Gasteiger partial charge is 0.115 e. The van der Waals surface area contributed by atoms with Gasteiger partial charge < -0.3 is 5.11 Å². The topological polar surface area (TPSA) is 20.2 Å². The van der Waals surface area contributed by atoms with Crippen LogP contribution in [-0.4, -0.2) is 5.11 Å². The molecule has 0 unspecified atom stereocenters. The summed E-state index contributed by atoms with van der Waals surface area (Å²) in [5, 5.41) is 9.26. The van der Waals surface area contributed by atoms with E-state index in [1.54, 1.807) is 12.1 Å². The predicted molar refractivity (Wildman–Crippen MR) is 85.2 cm³/mol.